The number of amides is 1. The lowest BCUT2D eigenvalue weighted by Crippen LogP contribution is -2.39. The Morgan fingerprint density at radius 3 is 2.76 bits per heavy atom. The molecule has 0 bridgehead atoms. The number of hydrazine groups is 2. The van der Waals surface area contributed by atoms with Crippen molar-refractivity contribution < 1.29 is 9.53 Å². The summed E-state index contributed by atoms with van der Waals surface area (Å²) in [5.74, 6) is 0. The van der Waals surface area contributed by atoms with E-state index < -0.39 is 5.60 Å². The molecule has 0 radical (unpaired) electrons. The van der Waals surface area contributed by atoms with Gasteiger partial charge in [-0.25, -0.2) is 4.79 Å². The van der Waals surface area contributed by atoms with E-state index in [0.29, 0.717) is 13.1 Å². The van der Waals surface area contributed by atoms with Crippen LogP contribution in [0.1, 0.15) is 63.3 Å². The zero-order chi connectivity index (χ0) is 26.4. The summed E-state index contributed by atoms with van der Waals surface area (Å²) in [5.41, 5.74) is 15.7. The minimum absolute atomic E-state index is 0.146. The molecular weight excluding hydrogens is 476 g/mol. The summed E-state index contributed by atoms with van der Waals surface area (Å²) in [4.78, 5) is 17.7. The number of nitrogens with one attached hydrogen (secondary N) is 4. The summed E-state index contributed by atoms with van der Waals surface area (Å²) in [6, 6.07) is 15.6. The number of nitrogens with zero attached hydrogens (tertiary/aromatic N) is 2. The normalized spacial score (nSPS) is 19.5. The van der Waals surface area contributed by atoms with E-state index in [1.54, 1.807) is 4.90 Å². The number of allylic oxidation sites excluding steroid dienone is 1. The molecule has 4 heterocycles. The van der Waals surface area contributed by atoms with Crippen LogP contribution in [0.15, 0.2) is 60.4 Å². The molecule has 198 valence electrons. The Morgan fingerprint density at radius 1 is 1.11 bits per heavy atom. The Hall–Kier alpha value is -3.91. The van der Waals surface area contributed by atoms with E-state index in [1.807, 2.05) is 27.0 Å². The number of aromatic nitrogens is 1. The van der Waals surface area contributed by atoms with Crippen molar-refractivity contribution in [2.24, 2.45) is 0 Å². The number of hydrogen-bond donors (Lipinski definition) is 4. The third-order valence-corrected chi connectivity index (χ3v) is 7.45. The fourth-order valence-electron chi connectivity index (χ4n) is 5.58. The summed E-state index contributed by atoms with van der Waals surface area (Å²) >= 11 is 0. The van der Waals surface area contributed by atoms with E-state index in [4.69, 9.17) is 4.74 Å². The fraction of sp³-hybridized carbons (Fsp3) is 0.367. The molecule has 8 heteroatoms. The second-order valence-corrected chi connectivity index (χ2v) is 11.3. The van der Waals surface area contributed by atoms with Crippen molar-refractivity contribution in [3.63, 3.8) is 0 Å². The van der Waals surface area contributed by atoms with Gasteiger partial charge in [0.1, 0.15) is 5.60 Å². The van der Waals surface area contributed by atoms with Crippen molar-refractivity contribution in [2.75, 3.05) is 25.0 Å². The molecule has 0 aliphatic carbocycles. The molecule has 3 aliphatic heterocycles. The number of hydrogen-bond acceptors (Lipinski definition) is 6. The van der Waals surface area contributed by atoms with E-state index >= 15 is 0 Å². The molecule has 4 N–H and O–H groups in total. The summed E-state index contributed by atoms with van der Waals surface area (Å²) in [6.45, 7) is 9.91. The molecular formula is C30H36N6O2. The predicted octanol–water partition coefficient (Wildman–Crippen LogP) is 5.76. The van der Waals surface area contributed by atoms with Gasteiger partial charge in [0.05, 0.1) is 17.4 Å². The lowest BCUT2D eigenvalue weighted by atomic mass is 9.90. The van der Waals surface area contributed by atoms with Gasteiger partial charge in [-0.3, -0.25) is 5.01 Å². The van der Waals surface area contributed by atoms with E-state index in [2.05, 4.69) is 81.7 Å². The van der Waals surface area contributed by atoms with Crippen LogP contribution in [-0.2, 0) is 4.74 Å². The number of rotatable bonds is 3. The Labute approximate surface area is 223 Å². The largest absolute Gasteiger partial charge is 0.444 e. The molecule has 3 aliphatic rings. The van der Waals surface area contributed by atoms with Crippen LogP contribution in [0.5, 0.6) is 0 Å². The molecule has 1 amide bonds. The van der Waals surface area contributed by atoms with Gasteiger partial charge in [-0.2, -0.15) is 0 Å². The average molecular weight is 513 g/mol. The summed E-state index contributed by atoms with van der Waals surface area (Å²) in [5, 5.41) is 7.25. The zero-order valence-electron chi connectivity index (χ0n) is 22.5. The van der Waals surface area contributed by atoms with Gasteiger partial charge < -0.3 is 25.4 Å². The first kappa shape index (κ1) is 24.4. The molecule has 1 atom stereocenters. The summed E-state index contributed by atoms with van der Waals surface area (Å²) in [7, 11) is 0. The lowest BCUT2D eigenvalue weighted by Gasteiger charge is -2.30. The number of anilines is 1. The Balaban J connectivity index is 1.31. The number of carbonyl (C=O) groups is 1. The molecule has 38 heavy (non-hydrogen) atoms. The second kappa shape index (κ2) is 9.44. The summed E-state index contributed by atoms with van der Waals surface area (Å²) < 4.78 is 5.57. The van der Waals surface area contributed by atoms with Crippen LogP contribution in [0.4, 0.5) is 10.5 Å². The van der Waals surface area contributed by atoms with Crippen LogP contribution < -0.4 is 16.3 Å². The first-order valence-corrected chi connectivity index (χ1v) is 13.4. The Bertz CT molecular complexity index is 1450. The number of ether oxygens (including phenoxy) is 1. The molecule has 0 saturated heterocycles. The van der Waals surface area contributed by atoms with Crippen LogP contribution in [0.2, 0.25) is 0 Å². The first-order chi connectivity index (χ1) is 18.2. The van der Waals surface area contributed by atoms with Gasteiger partial charge in [0, 0.05) is 42.6 Å². The highest BCUT2D eigenvalue weighted by Gasteiger charge is 2.31. The third kappa shape index (κ3) is 4.72. The monoisotopic (exact) mass is 512 g/mol. The van der Waals surface area contributed by atoms with E-state index in [-0.39, 0.29) is 12.1 Å². The average Bonchev–Trinajstić information content (AvgIpc) is 3.47. The Kier molecular flexibility index (Phi) is 6.07. The minimum Gasteiger partial charge on any atom is -0.444 e. The maximum absolute atomic E-state index is 12.5. The molecule has 0 spiro atoms. The highest BCUT2D eigenvalue weighted by Crippen LogP contribution is 2.39. The highest BCUT2D eigenvalue weighted by molar-refractivity contribution is 5.83. The maximum Gasteiger partial charge on any atom is 0.410 e. The first-order valence-electron chi connectivity index (χ1n) is 13.4. The van der Waals surface area contributed by atoms with Crippen LogP contribution in [0, 0.1) is 0 Å². The molecule has 3 aromatic rings. The standard InChI is InChI=1S/C30H36N6O2/c1-19-28-24-8-6-22(20-10-14-35(15-11-20)29(37)38-30(2,3)4)17-25(24)26(12-16-36(28)34-33-19)32-23-7-5-21-9-13-31-27(21)18-23/h5-10,13,17-18,26,31-34H,11-12,14-16H2,1-4H3. The molecule has 2 aromatic carbocycles. The minimum atomic E-state index is -0.490. The molecule has 8 nitrogen and oxygen atoms in total. The van der Waals surface area contributed by atoms with Crippen LogP contribution >= 0.6 is 0 Å². The van der Waals surface area contributed by atoms with Gasteiger partial charge in [0.2, 0.25) is 0 Å². The molecule has 1 aromatic heterocycles. The maximum atomic E-state index is 12.5. The van der Waals surface area contributed by atoms with Crippen molar-refractivity contribution in [2.45, 2.75) is 52.2 Å². The van der Waals surface area contributed by atoms with E-state index in [9.17, 15) is 4.79 Å². The SMILES string of the molecule is CC1=C2c3ccc(C4=CCN(C(=O)OC(C)(C)C)CC4)cc3C(Nc3ccc4cc[nH]c4c3)CCN2NN1. The topological polar surface area (TPSA) is 84.7 Å². The van der Waals surface area contributed by atoms with Gasteiger partial charge in [-0.15, -0.1) is 5.53 Å². The van der Waals surface area contributed by atoms with Crippen molar-refractivity contribution in [3.05, 3.63) is 77.1 Å². The van der Waals surface area contributed by atoms with Gasteiger partial charge in [-0.1, -0.05) is 24.3 Å². The van der Waals surface area contributed by atoms with Gasteiger partial charge in [0.15, 0.2) is 0 Å². The van der Waals surface area contributed by atoms with Crippen molar-refractivity contribution in [3.8, 4) is 0 Å². The van der Waals surface area contributed by atoms with Crippen molar-refractivity contribution >= 4 is 34.0 Å². The van der Waals surface area contributed by atoms with Crippen molar-refractivity contribution in [1.29, 1.82) is 0 Å². The summed E-state index contributed by atoms with van der Waals surface area (Å²) in [6.07, 6.45) is 5.64. The molecule has 0 fully saturated rings. The highest BCUT2D eigenvalue weighted by atomic mass is 16.6. The van der Waals surface area contributed by atoms with Gasteiger partial charge in [-0.05, 0) is 86.9 Å². The van der Waals surface area contributed by atoms with E-state index in [1.165, 1.54) is 33.3 Å². The molecule has 1 unspecified atom stereocenters. The van der Waals surface area contributed by atoms with E-state index in [0.717, 1.165) is 36.3 Å². The Morgan fingerprint density at radius 2 is 1.97 bits per heavy atom. The van der Waals surface area contributed by atoms with Crippen LogP contribution in [0.25, 0.3) is 22.2 Å². The lowest BCUT2D eigenvalue weighted by molar-refractivity contribution is 0.0270. The van der Waals surface area contributed by atoms with Gasteiger partial charge >= 0.3 is 6.09 Å². The fourth-order valence-corrected chi connectivity index (χ4v) is 5.58. The third-order valence-electron chi connectivity index (χ3n) is 7.45. The molecule has 6 rings (SSSR count). The van der Waals surface area contributed by atoms with Crippen molar-refractivity contribution in [1.82, 2.24) is 25.9 Å². The zero-order valence-corrected chi connectivity index (χ0v) is 22.5. The quantitative estimate of drug-likeness (QED) is 0.357. The number of H-pyrrole nitrogens is 1. The van der Waals surface area contributed by atoms with Crippen LogP contribution in [-0.4, -0.2) is 46.2 Å². The van der Waals surface area contributed by atoms with Crippen LogP contribution in [0.3, 0.4) is 0 Å². The number of aromatic amines is 1. The molecule has 0 saturated carbocycles. The predicted molar refractivity (Wildman–Crippen MR) is 152 cm³/mol. The second-order valence-electron chi connectivity index (χ2n) is 11.3. The smallest absolute Gasteiger partial charge is 0.410 e. The number of carbonyl (C=O) groups excluding carboxylic acids is 1. The van der Waals surface area contributed by atoms with Gasteiger partial charge in [0.25, 0.3) is 0 Å². The number of benzene rings is 2. The number of fused-ring (bicyclic) bond motifs is 4.